The van der Waals surface area contributed by atoms with Crippen molar-refractivity contribution in [2.24, 2.45) is 0 Å². The summed E-state index contributed by atoms with van der Waals surface area (Å²) in [5.41, 5.74) is 1.35. The van der Waals surface area contributed by atoms with Gasteiger partial charge in [-0.2, -0.15) is 0 Å². The number of hydrogen-bond acceptors (Lipinski definition) is 0. The molecule has 1 aromatic heterocycles. The van der Waals surface area contributed by atoms with E-state index in [4.69, 9.17) is 0 Å². The van der Waals surface area contributed by atoms with Crippen LogP contribution in [0.1, 0.15) is 96.0 Å². The maximum Gasteiger partial charge on any atom is 0.169 e. The first-order valence-electron chi connectivity index (χ1n) is 9.78. The maximum atomic E-state index is 2.31. The van der Waals surface area contributed by atoms with Crippen LogP contribution in [0.5, 0.6) is 0 Å². The number of aromatic nitrogens is 1. The monoisotopic (exact) mass is 339 g/mol. The minimum absolute atomic E-state index is 0. The van der Waals surface area contributed by atoms with Crippen LogP contribution in [0.2, 0.25) is 0 Å². The zero-order valence-electron chi connectivity index (χ0n) is 15.5. The molecule has 0 unspecified atom stereocenters. The summed E-state index contributed by atoms with van der Waals surface area (Å²) in [5, 5.41) is 0. The molecule has 23 heavy (non-hydrogen) atoms. The van der Waals surface area contributed by atoms with Gasteiger partial charge in [0.1, 0.15) is 6.54 Å². The van der Waals surface area contributed by atoms with E-state index in [1.807, 2.05) is 0 Å². The number of unbranched alkanes of at least 4 members (excludes halogenated alkanes) is 12. The lowest BCUT2D eigenvalue weighted by atomic mass is 10.0. The molecule has 0 N–H and O–H groups in total. The predicted octanol–water partition coefficient (Wildman–Crippen LogP) is 3.38. The van der Waals surface area contributed by atoms with Gasteiger partial charge >= 0.3 is 0 Å². The second-order valence-corrected chi connectivity index (χ2v) is 6.86. The highest BCUT2D eigenvalue weighted by atomic mass is 35.5. The summed E-state index contributed by atoms with van der Waals surface area (Å²) in [6.07, 6.45) is 23.0. The number of aryl methyl sites for hydroxylation is 2. The van der Waals surface area contributed by atoms with Gasteiger partial charge in [0.2, 0.25) is 0 Å². The quantitative estimate of drug-likeness (QED) is 0.361. The van der Waals surface area contributed by atoms with Crippen LogP contribution >= 0.6 is 0 Å². The summed E-state index contributed by atoms with van der Waals surface area (Å²) >= 11 is 0. The van der Waals surface area contributed by atoms with E-state index in [0.717, 1.165) is 0 Å². The summed E-state index contributed by atoms with van der Waals surface area (Å²) in [4.78, 5) is 0. The van der Waals surface area contributed by atoms with Crippen LogP contribution in [0, 0.1) is 6.92 Å². The van der Waals surface area contributed by atoms with Crippen molar-refractivity contribution in [3.63, 3.8) is 0 Å². The molecular weight excluding hydrogens is 302 g/mol. The molecule has 0 aliphatic heterocycles. The van der Waals surface area contributed by atoms with Gasteiger partial charge in [0.05, 0.1) is 0 Å². The van der Waals surface area contributed by atoms with E-state index >= 15 is 0 Å². The molecule has 0 amide bonds. The van der Waals surface area contributed by atoms with Gasteiger partial charge in [-0.05, 0) is 18.9 Å². The largest absolute Gasteiger partial charge is 1.00 e. The standard InChI is InChI=1S/C21H38N.ClH/c1-3-4-5-6-7-8-9-10-11-12-13-14-15-18-22-19-16-21(2)17-20-22;/h16-17,19-20H,3-15,18H2,1-2H3;1H/q+1;/p-1. The molecule has 0 saturated carbocycles. The van der Waals surface area contributed by atoms with Crippen molar-refractivity contribution in [2.45, 2.75) is 104 Å². The Kier molecular flexibility index (Phi) is 15.9. The van der Waals surface area contributed by atoms with E-state index < -0.39 is 0 Å². The van der Waals surface area contributed by atoms with Crippen LogP contribution in [0.25, 0.3) is 0 Å². The van der Waals surface area contributed by atoms with Gasteiger partial charge in [-0.3, -0.25) is 0 Å². The minimum atomic E-state index is 0. The second-order valence-electron chi connectivity index (χ2n) is 6.86. The highest BCUT2D eigenvalue weighted by Crippen LogP contribution is 2.12. The van der Waals surface area contributed by atoms with Crippen LogP contribution in [0.3, 0.4) is 0 Å². The van der Waals surface area contributed by atoms with E-state index in [-0.39, 0.29) is 12.4 Å². The number of halogens is 1. The summed E-state index contributed by atoms with van der Waals surface area (Å²) in [6.45, 7) is 5.62. The van der Waals surface area contributed by atoms with Crippen molar-refractivity contribution in [1.29, 1.82) is 0 Å². The Hall–Kier alpha value is -0.560. The smallest absolute Gasteiger partial charge is 0.169 e. The Morgan fingerprint density at radius 1 is 0.652 bits per heavy atom. The Labute approximate surface area is 151 Å². The lowest BCUT2D eigenvalue weighted by Gasteiger charge is -2.02. The third kappa shape index (κ3) is 13.6. The van der Waals surface area contributed by atoms with E-state index in [1.165, 1.54) is 95.6 Å². The highest BCUT2D eigenvalue weighted by Gasteiger charge is 1.99. The maximum absolute atomic E-state index is 2.31. The minimum Gasteiger partial charge on any atom is -1.00 e. The van der Waals surface area contributed by atoms with Crippen LogP contribution in [-0.4, -0.2) is 0 Å². The zero-order valence-corrected chi connectivity index (χ0v) is 16.3. The normalized spacial score (nSPS) is 10.5. The van der Waals surface area contributed by atoms with Gasteiger partial charge in [-0.1, -0.05) is 77.6 Å². The van der Waals surface area contributed by atoms with Gasteiger partial charge in [-0.25, -0.2) is 4.57 Å². The fraction of sp³-hybridized carbons (Fsp3) is 0.762. The number of pyridine rings is 1. The van der Waals surface area contributed by atoms with Crippen molar-refractivity contribution >= 4 is 0 Å². The molecule has 0 aromatic carbocycles. The fourth-order valence-corrected chi connectivity index (χ4v) is 2.99. The Morgan fingerprint density at radius 2 is 1.04 bits per heavy atom. The van der Waals surface area contributed by atoms with E-state index in [1.54, 1.807) is 0 Å². The SMILES string of the molecule is CCCCCCCCCCCCCCC[n+]1ccc(C)cc1.[Cl-]. The lowest BCUT2D eigenvalue weighted by Crippen LogP contribution is -3.00. The molecule has 0 aliphatic carbocycles. The van der Waals surface area contributed by atoms with E-state index in [0.29, 0.717) is 0 Å². The van der Waals surface area contributed by atoms with Crippen molar-refractivity contribution < 1.29 is 17.0 Å². The molecule has 0 bridgehead atoms. The Bertz CT molecular complexity index is 347. The first-order valence-corrected chi connectivity index (χ1v) is 9.78. The first kappa shape index (κ1) is 22.4. The number of hydrogen-bond donors (Lipinski definition) is 0. The molecule has 1 heterocycles. The molecule has 0 atom stereocenters. The third-order valence-corrected chi connectivity index (χ3v) is 4.58. The molecule has 0 fully saturated rings. The number of nitrogens with zero attached hydrogens (tertiary/aromatic N) is 1. The molecule has 1 nitrogen and oxygen atoms in total. The molecule has 2 heteroatoms. The van der Waals surface area contributed by atoms with Gasteiger partial charge in [-0.15, -0.1) is 0 Å². The van der Waals surface area contributed by atoms with Crippen LogP contribution in [0.4, 0.5) is 0 Å². The molecule has 134 valence electrons. The van der Waals surface area contributed by atoms with Crippen LogP contribution in [-0.2, 0) is 6.54 Å². The zero-order chi connectivity index (χ0) is 15.9. The molecule has 0 radical (unpaired) electrons. The Balaban J connectivity index is 0.00000484. The summed E-state index contributed by atoms with van der Waals surface area (Å²) in [7, 11) is 0. The van der Waals surface area contributed by atoms with Crippen molar-refractivity contribution in [1.82, 2.24) is 0 Å². The average Bonchev–Trinajstić information content (AvgIpc) is 2.53. The highest BCUT2D eigenvalue weighted by molar-refractivity contribution is 5.03. The average molecular weight is 340 g/mol. The molecule has 1 aromatic rings. The second kappa shape index (κ2) is 16.3. The predicted molar refractivity (Wildman–Crippen MR) is 97.1 cm³/mol. The van der Waals surface area contributed by atoms with Crippen molar-refractivity contribution in [3.8, 4) is 0 Å². The van der Waals surface area contributed by atoms with E-state index in [2.05, 4.69) is 42.9 Å². The van der Waals surface area contributed by atoms with Gasteiger partial charge < -0.3 is 12.4 Å². The topological polar surface area (TPSA) is 3.88 Å². The summed E-state index contributed by atoms with van der Waals surface area (Å²) in [6, 6.07) is 4.39. The molecule has 1 rings (SSSR count). The third-order valence-electron chi connectivity index (χ3n) is 4.58. The summed E-state index contributed by atoms with van der Waals surface area (Å²) in [5.74, 6) is 0. The molecule has 0 spiro atoms. The van der Waals surface area contributed by atoms with Crippen LogP contribution < -0.4 is 17.0 Å². The van der Waals surface area contributed by atoms with Crippen molar-refractivity contribution in [3.05, 3.63) is 30.1 Å². The van der Waals surface area contributed by atoms with Gasteiger partial charge in [0.15, 0.2) is 12.4 Å². The first-order chi connectivity index (χ1) is 10.8. The molecular formula is C21H38ClN. The van der Waals surface area contributed by atoms with Crippen LogP contribution in [0.15, 0.2) is 24.5 Å². The Morgan fingerprint density at radius 3 is 1.48 bits per heavy atom. The number of rotatable bonds is 14. The fourth-order valence-electron chi connectivity index (χ4n) is 2.99. The van der Waals surface area contributed by atoms with Gasteiger partial charge in [0, 0.05) is 18.6 Å². The van der Waals surface area contributed by atoms with Gasteiger partial charge in [0.25, 0.3) is 0 Å². The molecule has 0 aliphatic rings. The van der Waals surface area contributed by atoms with Crippen molar-refractivity contribution in [2.75, 3.05) is 0 Å². The lowest BCUT2D eigenvalue weighted by molar-refractivity contribution is -0.697. The van der Waals surface area contributed by atoms with E-state index in [9.17, 15) is 0 Å². The molecule has 0 saturated heterocycles. The summed E-state index contributed by atoms with van der Waals surface area (Å²) < 4.78 is 2.31.